The first-order chi connectivity index (χ1) is 8.24. The second kappa shape index (κ2) is 6.18. The van der Waals surface area contributed by atoms with Gasteiger partial charge in [0.25, 0.3) is 0 Å². The van der Waals surface area contributed by atoms with Gasteiger partial charge in [0.05, 0.1) is 0 Å². The third-order valence-electron chi connectivity index (χ3n) is 3.54. The predicted molar refractivity (Wildman–Crippen MR) is 73.1 cm³/mol. The summed E-state index contributed by atoms with van der Waals surface area (Å²) in [5.41, 5.74) is 2.76. The van der Waals surface area contributed by atoms with E-state index >= 15 is 0 Å². The molecule has 0 amide bonds. The zero-order valence-corrected chi connectivity index (χ0v) is 11.1. The number of aryl methyl sites for hydroxylation is 1. The van der Waals surface area contributed by atoms with Gasteiger partial charge in [0, 0.05) is 13.1 Å². The van der Waals surface area contributed by atoms with Gasteiger partial charge in [-0.05, 0) is 51.4 Å². The highest BCUT2D eigenvalue weighted by atomic mass is 15.1. The summed E-state index contributed by atoms with van der Waals surface area (Å²) in [6, 6.07) is 8.88. The van der Waals surface area contributed by atoms with Crippen LogP contribution in [0.15, 0.2) is 24.3 Å². The Hall–Kier alpha value is -0.860. The number of hydrogen-bond donors (Lipinski definition) is 1. The van der Waals surface area contributed by atoms with Gasteiger partial charge in [-0.1, -0.05) is 29.8 Å². The summed E-state index contributed by atoms with van der Waals surface area (Å²) in [6.07, 6.45) is 2.72. The number of piperidine rings is 1. The van der Waals surface area contributed by atoms with Crippen LogP contribution in [-0.2, 0) is 6.54 Å². The molecule has 0 radical (unpaired) electrons. The van der Waals surface area contributed by atoms with Gasteiger partial charge in [0.15, 0.2) is 0 Å². The Morgan fingerprint density at radius 1 is 1.29 bits per heavy atom. The fourth-order valence-corrected chi connectivity index (χ4v) is 2.59. The SMILES string of the molecule is Cc1ccc(CN(C)C[C@H]2CCCNC2)cc1. The molecule has 0 aliphatic carbocycles. The number of rotatable bonds is 4. The van der Waals surface area contributed by atoms with Gasteiger partial charge in [0.1, 0.15) is 0 Å². The lowest BCUT2D eigenvalue weighted by atomic mass is 9.99. The number of nitrogens with one attached hydrogen (secondary N) is 1. The molecule has 1 saturated heterocycles. The van der Waals surface area contributed by atoms with E-state index in [1.165, 1.54) is 43.6 Å². The Bertz CT molecular complexity index is 325. The molecule has 1 aromatic rings. The van der Waals surface area contributed by atoms with Gasteiger partial charge in [-0.3, -0.25) is 0 Å². The van der Waals surface area contributed by atoms with Crippen molar-refractivity contribution in [3.05, 3.63) is 35.4 Å². The maximum atomic E-state index is 3.48. The van der Waals surface area contributed by atoms with Gasteiger partial charge < -0.3 is 10.2 Å². The molecule has 1 fully saturated rings. The second-order valence-electron chi connectivity index (χ2n) is 5.39. The van der Waals surface area contributed by atoms with E-state index in [1.54, 1.807) is 0 Å². The van der Waals surface area contributed by atoms with Crippen LogP contribution in [0.25, 0.3) is 0 Å². The lowest BCUT2D eigenvalue weighted by Crippen LogP contribution is -2.36. The molecule has 17 heavy (non-hydrogen) atoms. The van der Waals surface area contributed by atoms with Crippen LogP contribution in [0.2, 0.25) is 0 Å². The quantitative estimate of drug-likeness (QED) is 0.857. The Labute approximate surface area is 105 Å². The Kier molecular flexibility index (Phi) is 4.57. The second-order valence-corrected chi connectivity index (χ2v) is 5.39. The van der Waals surface area contributed by atoms with E-state index < -0.39 is 0 Å². The van der Waals surface area contributed by atoms with Gasteiger partial charge >= 0.3 is 0 Å². The van der Waals surface area contributed by atoms with Crippen molar-refractivity contribution >= 4 is 0 Å². The van der Waals surface area contributed by atoms with E-state index in [0.29, 0.717) is 0 Å². The minimum atomic E-state index is 0.833. The van der Waals surface area contributed by atoms with Crippen molar-refractivity contribution in [1.29, 1.82) is 0 Å². The molecule has 2 rings (SSSR count). The molecule has 1 aliphatic rings. The van der Waals surface area contributed by atoms with Crippen LogP contribution in [0.1, 0.15) is 24.0 Å². The van der Waals surface area contributed by atoms with Crippen molar-refractivity contribution in [2.75, 3.05) is 26.7 Å². The molecule has 0 bridgehead atoms. The molecular weight excluding hydrogens is 208 g/mol. The smallest absolute Gasteiger partial charge is 0.0230 e. The Morgan fingerprint density at radius 2 is 2.06 bits per heavy atom. The number of hydrogen-bond acceptors (Lipinski definition) is 2. The lowest BCUT2D eigenvalue weighted by Gasteiger charge is -2.27. The molecule has 2 nitrogen and oxygen atoms in total. The van der Waals surface area contributed by atoms with E-state index in [4.69, 9.17) is 0 Å². The molecule has 1 heterocycles. The van der Waals surface area contributed by atoms with Gasteiger partial charge in [-0.2, -0.15) is 0 Å². The summed E-state index contributed by atoms with van der Waals surface area (Å²) in [5, 5.41) is 3.48. The Morgan fingerprint density at radius 3 is 2.71 bits per heavy atom. The third kappa shape index (κ3) is 4.14. The van der Waals surface area contributed by atoms with E-state index in [0.717, 1.165) is 12.5 Å². The van der Waals surface area contributed by atoms with Crippen LogP contribution in [0.5, 0.6) is 0 Å². The molecule has 1 aliphatic heterocycles. The lowest BCUT2D eigenvalue weighted by molar-refractivity contribution is 0.237. The summed E-state index contributed by atoms with van der Waals surface area (Å²) in [4.78, 5) is 2.45. The summed E-state index contributed by atoms with van der Waals surface area (Å²) < 4.78 is 0. The van der Waals surface area contributed by atoms with E-state index in [1.807, 2.05) is 0 Å². The Balaban J connectivity index is 1.79. The summed E-state index contributed by atoms with van der Waals surface area (Å²) >= 11 is 0. The van der Waals surface area contributed by atoms with Crippen LogP contribution >= 0.6 is 0 Å². The molecule has 0 unspecified atom stereocenters. The highest BCUT2D eigenvalue weighted by Gasteiger charge is 2.14. The molecule has 1 atom stereocenters. The number of nitrogens with zero attached hydrogens (tertiary/aromatic N) is 1. The molecule has 1 aromatic carbocycles. The molecule has 0 spiro atoms. The summed E-state index contributed by atoms with van der Waals surface area (Å²) in [5.74, 6) is 0.833. The van der Waals surface area contributed by atoms with Crippen LogP contribution in [0.4, 0.5) is 0 Å². The molecule has 2 heteroatoms. The average molecular weight is 232 g/mol. The van der Waals surface area contributed by atoms with Gasteiger partial charge in [0.2, 0.25) is 0 Å². The van der Waals surface area contributed by atoms with Crippen molar-refractivity contribution in [3.63, 3.8) is 0 Å². The van der Waals surface area contributed by atoms with Crippen molar-refractivity contribution in [2.45, 2.75) is 26.3 Å². The monoisotopic (exact) mass is 232 g/mol. The van der Waals surface area contributed by atoms with Crippen LogP contribution in [0, 0.1) is 12.8 Å². The minimum Gasteiger partial charge on any atom is -0.316 e. The van der Waals surface area contributed by atoms with Crippen molar-refractivity contribution in [3.8, 4) is 0 Å². The number of benzene rings is 1. The van der Waals surface area contributed by atoms with Crippen LogP contribution < -0.4 is 5.32 Å². The van der Waals surface area contributed by atoms with E-state index in [-0.39, 0.29) is 0 Å². The molecule has 0 saturated carbocycles. The fourth-order valence-electron chi connectivity index (χ4n) is 2.59. The zero-order chi connectivity index (χ0) is 12.1. The van der Waals surface area contributed by atoms with Crippen molar-refractivity contribution in [1.82, 2.24) is 10.2 Å². The standard InChI is InChI=1S/C15H24N2/c1-13-5-7-14(8-6-13)11-17(2)12-15-4-3-9-16-10-15/h5-8,15-16H,3-4,9-12H2,1-2H3/t15-/m0/s1. The van der Waals surface area contributed by atoms with E-state index in [2.05, 4.69) is 48.5 Å². The maximum absolute atomic E-state index is 3.48. The van der Waals surface area contributed by atoms with Crippen molar-refractivity contribution < 1.29 is 0 Å². The molecule has 94 valence electrons. The molecule has 1 N–H and O–H groups in total. The summed E-state index contributed by atoms with van der Waals surface area (Å²) in [6.45, 7) is 6.81. The maximum Gasteiger partial charge on any atom is 0.0230 e. The topological polar surface area (TPSA) is 15.3 Å². The van der Waals surface area contributed by atoms with Crippen molar-refractivity contribution in [2.24, 2.45) is 5.92 Å². The van der Waals surface area contributed by atoms with Gasteiger partial charge in [-0.15, -0.1) is 0 Å². The first kappa shape index (κ1) is 12.6. The highest BCUT2D eigenvalue weighted by Crippen LogP contribution is 2.13. The highest BCUT2D eigenvalue weighted by molar-refractivity contribution is 5.21. The largest absolute Gasteiger partial charge is 0.316 e. The average Bonchev–Trinajstić information content (AvgIpc) is 2.33. The first-order valence-electron chi connectivity index (χ1n) is 6.69. The van der Waals surface area contributed by atoms with Crippen LogP contribution in [-0.4, -0.2) is 31.6 Å². The minimum absolute atomic E-state index is 0.833. The predicted octanol–water partition coefficient (Wildman–Crippen LogP) is 2.43. The zero-order valence-electron chi connectivity index (χ0n) is 11.1. The third-order valence-corrected chi connectivity index (χ3v) is 3.54. The van der Waals surface area contributed by atoms with E-state index in [9.17, 15) is 0 Å². The normalized spacial score (nSPS) is 20.8. The van der Waals surface area contributed by atoms with Crippen LogP contribution in [0.3, 0.4) is 0 Å². The fraction of sp³-hybridized carbons (Fsp3) is 0.600. The van der Waals surface area contributed by atoms with Gasteiger partial charge in [-0.25, -0.2) is 0 Å². The molecular formula is C15H24N2. The first-order valence-corrected chi connectivity index (χ1v) is 6.69. The molecule has 0 aromatic heterocycles. The summed E-state index contributed by atoms with van der Waals surface area (Å²) in [7, 11) is 2.23.